The van der Waals surface area contributed by atoms with Gasteiger partial charge in [0, 0.05) is 12.6 Å². The molecule has 0 unspecified atom stereocenters. The molecule has 132 valence electrons. The third-order valence-electron chi connectivity index (χ3n) is 4.16. The van der Waals surface area contributed by atoms with Crippen molar-refractivity contribution < 1.29 is 9.13 Å². The highest BCUT2D eigenvalue weighted by molar-refractivity contribution is 6.31. The molecule has 0 fully saturated rings. The van der Waals surface area contributed by atoms with Crippen molar-refractivity contribution in [3.05, 3.63) is 57.9 Å². The molecule has 0 atom stereocenters. The standard InChI is InChI=1S/C17H19ClFN5O/c1-10-4-2-3-5-11(10)9-24-6-7-25-13-8-12(18)15(19)14(16(13)24)17(20)22-23-21/h2-5,8,23H,6-7,9,21H2,1H3,(H2,20,22). The maximum Gasteiger partial charge on any atom is 0.157 e. The zero-order valence-electron chi connectivity index (χ0n) is 13.7. The number of aryl methyl sites for hydroxylation is 1. The van der Waals surface area contributed by atoms with E-state index in [-0.39, 0.29) is 16.4 Å². The van der Waals surface area contributed by atoms with Gasteiger partial charge in [0.1, 0.15) is 12.4 Å². The molecule has 5 N–H and O–H groups in total. The van der Waals surface area contributed by atoms with Crippen LogP contribution in [0.15, 0.2) is 35.4 Å². The number of anilines is 1. The van der Waals surface area contributed by atoms with Gasteiger partial charge in [-0.3, -0.25) is 0 Å². The topological polar surface area (TPSA) is 88.9 Å². The van der Waals surface area contributed by atoms with Crippen molar-refractivity contribution in [1.82, 2.24) is 5.53 Å². The molecule has 0 bridgehead atoms. The average molecular weight is 364 g/mol. The van der Waals surface area contributed by atoms with Gasteiger partial charge in [0.25, 0.3) is 0 Å². The quantitative estimate of drug-likeness (QED) is 0.335. The van der Waals surface area contributed by atoms with Gasteiger partial charge in [-0.05, 0) is 18.1 Å². The number of halogens is 2. The summed E-state index contributed by atoms with van der Waals surface area (Å²) in [5, 5.41) is 3.62. The van der Waals surface area contributed by atoms with Crippen LogP contribution >= 0.6 is 11.6 Å². The number of amidine groups is 1. The van der Waals surface area contributed by atoms with Crippen LogP contribution < -0.4 is 26.7 Å². The normalized spacial score (nSPS) is 14.1. The van der Waals surface area contributed by atoms with Gasteiger partial charge >= 0.3 is 0 Å². The monoisotopic (exact) mass is 363 g/mol. The van der Waals surface area contributed by atoms with Gasteiger partial charge in [0.2, 0.25) is 0 Å². The molecule has 1 heterocycles. The Labute approximate surface area is 150 Å². The van der Waals surface area contributed by atoms with Crippen LogP contribution in [0, 0.1) is 12.7 Å². The third-order valence-corrected chi connectivity index (χ3v) is 4.43. The summed E-state index contributed by atoms with van der Waals surface area (Å²) in [4.78, 5) is 2.01. The largest absolute Gasteiger partial charge is 0.489 e. The molecular weight excluding hydrogens is 345 g/mol. The Bertz CT molecular complexity index is 827. The van der Waals surface area contributed by atoms with Gasteiger partial charge in [-0.1, -0.05) is 35.9 Å². The van der Waals surface area contributed by atoms with Gasteiger partial charge in [-0.2, -0.15) is 0 Å². The number of rotatable bonds is 4. The van der Waals surface area contributed by atoms with E-state index in [0.29, 0.717) is 31.1 Å². The molecule has 8 heteroatoms. The SMILES string of the molecule is Cc1ccccc1CN1CCOc2cc(Cl)c(F)c(/C(N)=N/NN)c21. The van der Waals surface area contributed by atoms with Crippen LogP contribution in [0.2, 0.25) is 5.02 Å². The number of benzene rings is 2. The maximum atomic E-state index is 14.7. The van der Waals surface area contributed by atoms with Crippen LogP contribution in [0.25, 0.3) is 0 Å². The molecule has 0 aliphatic carbocycles. The zero-order chi connectivity index (χ0) is 18.0. The molecule has 25 heavy (non-hydrogen) atoms. The highest BCUT2D eigenvalue weighted by Crippen LogP contribution is 2.40. The third kappa shape index (κ3) is 3.33. The Kier molecular flexibility index (Phi) is 4.96. The summed E-state index contributed by atoms with van der Waals surface area (Å²) in [5.74, 6) is 4.91. The van der Waals surface area contributed by atoms with Crippen LogP contribution in [0.1, 0.15) is 16.7 Å². The number of nitrogens with two attached hydrogens (primary N) is 2. The van der Waals surface area contributed by atoms with Crippen molar-refractivity contribution in [3.63, 3.8) is 0 Å². The first kappa shape index (κ1) is 17.3. The Hall–Kier alpha value is -2.51. The smallest absolute Gasteiger partial charge is 0.157 e. The number of hydrogen-bond donors (Lipinski definition) is 3. The molecule has 2 aromatic carbocycles. The van der Waals surface area contributed by atoms with Crippen LogP contribution in [0.4, 0.5) is 10.1 Å². The Morgan fingerprint density at radius 3 is 2.92 bits per heavy atom. The number of hydrazone groups is 1. The molecule has 0 radical (unpaired) electrons. The van der Waals surface area contributed by atoms with Gasteiger partial charge in [0.15, 0.2) is 11.7 Å². The van der Waals surface area contributed by atoms with Crippen LogP contribution in [0.5, 0.6) is 5.75 Å². The van der Waals surface area contributed by atoms with E-state index in [1.165, 1.54) is 6.07 Å². The fraction of sp³-hybridized carbons (Fsp3) is 0.235. The van der Waals surface area contributed by atoms with Crippen molar-refractivity contribution in [2.75, 3.05) is 18.1 Å². The lowest BCUT2D eigenvalue weighted by Gasteiger charge is -2.33. The zero-order valence-corrected chi connectivity index (χ0v) is 14.5. The van der Waals surface area contributed by atoms with Crippen molar-refractivity contribution in [1.29, 1.82) is 0 Å². The van der Waals surface area contributed by atoms with E-state index in [1.54, 1.807) is 0 Å². The molecule has 1 aliphatic rings. The fourth-order valence-corrected chi connectivity index (χ4v) is 3.10. The molecule has 0 saturated heterocycles. The van der Waals surface area contributed by atoms with E-state index < -0.39 is 5.82 Å². The predicted molar refractivity (Wildman–Crippen MR) is 97.2 cm³/mol. The van der Waals surface area contributed by atoms with Crippen molar-refractivity contribution >= 4 is 23.1 Å². The lowest BCUT2D eigenvalue weighted by atomic mass is 10.0. The van der Waals surface area contributed by atoms with E-state index in [4.69, 9.17) is 27.9 Å². The average Bonchev–Trinajstić information content (AvgIpc) is 2.58. The molecule has 1 aliphatic heterocycles. The lowest BCUT2D eigenvalue weighted by Crippen LogP contribution is -2.35. The number of nitrogens with zero attached hydrogens (tertiary/aromatic N) is 2. The molecule has 6 nitrogen and oxygen atoms in total. The summed E-state index contributed by atoms with van der Waals surface area (Å²) in [7, 11) is 0. The Morgan fingerprint density at radius 2 is 2.20 bits per heavy atom. The minimum absolute atomic E-state index is 0.0775. The van der Waals surface area contributed by atoms with Crippen molar-refractivity contribution in [3.8, 4) is 5.75 Å². The van der Waals surface area contributed by atoms with Crippen molar-refractivity contribution in [2.24, 2.45) is 16.7 Å². The first-order chi connectivity index (χ1) is 12.0. The maximum absolute atomic E-state index is 14.7. The van der Waals surface area contributed by atoms with E-state index in [0.717, 1.165) is 11.1 Å². The first-order valence-electron chi connectivity index (χ1n) is 7.76. The summed E-state index contributed by atoms with van der Waals surface area (Å²) in [6.07, 6.45) is 0. The molecule has 0 aromatic heterocycles. The molecule has 3 rings (SSSR count). The lowest BCUT2D eigenvalue weighted by molar-refractivity contribution is 0.306. The van der Waals surface area contributed by atoms with Gasteiger partial charge < -0.3 is 15.4 Å². The number of hydrogen-bond acceptors (Lipinski definition) is 5. The second-order valence-electron chi connectivity index (χ2n) is 5.72. The molecule has 0 amide bonds. The number of fused-ring (bicyclic) bond motifs is 1. The van der Waals surface area contributed by atoms with E-state index in [9.17, 15) is 4.39 Å². The summed E-state index contributed by atoms with van der Waals surface area (Å²) >= 11 is 5.99. The molecule has 0 saturated carbocycles. The summed E-state index contributed by atoms with van der Waals surface area (Å²) in [6, 6.07) is 9.49. The Morgan fingerprint density at radius 1 is 1.44 bits per heavy atom. The van der Waals surface area contributed by atoms with Crippen molar-refractivity contribution in [2.45, 2.75) is 13.5 Å². The fourth-order valence-electron chi connectivity index (χ4n) is 2.91. The van der Waals surface area contributed by atoms with Gasteiger partial charge in [-0.15, -0.1) is 5.10 Å². The Balaban J connectivity index is 2.12. The molecule has 0 spiro atoms. The van der Waals surface area contributed by atoms with E-state index in [1.807, 2.05) is 36.1 Å². The van der Waals surface area contributed by atoms with E-state index >= 15 is 0 Å². The summed E-state index contributed by atoms with van der Waals surface area (Å²) in [5.41, 5.74) is 10.9. The summed E-state index contributed by atoms with van der Waals surface area (Å²) in [6.45, 7) is 3.67. The van der Waals surface area contributed by atoms with Crippen LogP contribution in [-0.2, 0) is 6.54 Å². The molecule has 2 aromatic rings. The highest BCUT2D eigenvalue weighted by Gasteiger charge is 2.28. The number of ether oxygens (including phenoxy) is 1. The second kappa shape index (κ2) is 7.16. The molecular formula is C17H19ClFN5O. The van der Waals surface area contributed by atoms with Crippen LogP contribution in [-0.4, -0.2) is 19.0 Å². The predicted octanol–water partition coefficient (Wildman–Crippen LogP) is 2.27. The first-order valence-corrected chi connectivity index (χ1v) is 8.14. The minimum atomic E-state index is -0.655. The van der Waals surface area contributed by atoms with Gasteiger partial charge in [0.05, 0.1) is 22.8 Å². The van der Waals surface area contributed by atoms with E-state index in [2.05, 4.69) is 10.6 Å². The highest BCUT2D eigenvalue weighted by atomic mass is 35.5. The number of hydrazine groups is 1. The van der Waals surface area contributed by atoms with Crippen LogP contribution in [0.3, 0.4) is 0 Å². The van der Waals surface area contributed by atoms with Gasteiger partial charge in [-0.25, -0.2) is 15.8 Å². The minimum Gasteiger partial charge on any atom is -0.489 e. The second-order valence-corrected chi connectivity index (χ2v) is 6.12. The number of nitrogens with one attached hydrogen (secondary N) is 1. The summed E-state index contributed by atoms with van der Waals surface area (Å²) < 4.78 is 20.4.